The Kier molecular flexibility index (Phi) is 19.1. The van der Waals surface area contributed by atoms with Crippen LogP contribution in [0.1, 0.15) is 12.8 Å². The van der Waals surface area contributed by atoms with Gasteiger partial charge >= 0.3 is 23.9 Å². The normalized spacial score (nSPS) is 12.5. The molecule has 0 rings (SSSR count). The number of hydrogen-bond acceptors (Lipinski definition) is 9. The molecule has 0 aromatic rings. The van der Waals surface area contributed by atoms with Crippen LogP contribution in [0.4, 0.5) is 0 Å². The molecule has 0 saturated heterocycles. The second kappa shape index (κ2) is 19.0. The Morgan fingerprint density at radius 1 is 0.600 bits per heavy atom. The third-order valence-electron chi connectivity index (χ3n) is 3.37. The van der Waals surface area contributed by atoms with Crippen molar-refractivity contribution in [1.29, 1.82) is 0 Å². The van der Waals surface area contributed by atoms with Crippen molar-refractivity contribution in [2.24, 2.45) is 0 Å². The molecule has 0 saturated carbocycles. The van der Waals surface area contributed by atoms with Gasteiger partial charge in [-0.1, -0.05) is 0 Å². The van der Waals surface area contributed by atoms with E-state index in [4.69, 9.17) is 34.6 Å². The predicted molar refractivity (Wildman–Crippen MR) is 103 cm³/mol. The first-order chi connectivity index (χ1) is 13.7. The average molecular weight is 461 g/mol. The molecule has 0 amide bonds. The Hall–Kier alpha value is -2.03. The van der Waals surface area contributed by atoms with Crippen LogP contribution >= 0.6 is 12.4 Å². The van der Waals surface area contributed by atoms with E-state index in [9.17, 15) is 19.2 Å². The van der Waals surface area contributed by atoms with Crippen molar-refractivity contribution in [2.75, 3.05) is 52.7 Å². The molecule has 2 unspecified atom stereocenters. The summed E-state index contributed by atoms with van der Waals surface area (Å²) in [5.41, 5.74) is 0. The lowest BCUT2D eigenvalue weighted by atomic mass is 10.2. The van der Waals surface area contributed by atoms with Crippen LogP contribution in [0.25, 0.3) is 0 Å². The van der Waals surface area contributed by atoms with Gasteiger partial charge in [0.1, 0.15) is 12.1 Å². The van der Waals surface area contributed by atoms with Gasteiger partial charge in [-0.3, -0.25) is 19.2 Å². The van der Waals surface area contributed by atoms with Gasteiger partial charge in [0, 0.05) is 13.1 Å². The lowest BCUT2D eigenvalue weighted by Gasteiger charge is -2.13. The molecular weight excluding hydrogens is 432 g/mol. The van der Waals surface area contributed by atoms with Gasteiger partial charge in [0.05, 0.1) is 52.5 Å². The lowest BCUT2D eigenvalue weighted by molar-refractivity contribution is -0.146. The summed E-state index contributed by atoms with van der Waals surface area (Å²) in [5.74, 6) is -4.91. The van der Waals surface area contributed by atoms with Gasteiger partial charge in [-0.2, -0.15) is 0 Å². The fourth-order valence-electron chi connectivity index (χ4n) is 2.00. The van der Waals surface area contributed by atoms with Crippen molar-refractivity contribution in [3.05, 3.63) is 0 Å². The second-order valence-corrected chi connectivity index (χ2v) is 5.72. The maximum absolute atomic E-state index is 10.8. The largest absolute Gasteiger partial charge is 0.481 e. The van der Waals surface area contributed by atoms with Crippen LogP contribution in [0.5, 0.6) is 0 Å². The van der Waals surface area contributed by atoms with Gasteiger partial charge in [-0.15, -0.1) is 12.4 Å². The van der Waals surface area contributed by atoms with Crippen LogP contribution in [-0.2, 0) is 33.4 Å². The van der Waals surface area contributed by atoms with E-state index in [-0.39, 0.29) is 65.1 Å². The fraction of sp³-hybridized carbons (Fsp3) is 0.750. The van der Waals surface area contributed by atoms with E-state index in [1.165, 1.54) is 0 Å². The Morgan fingerprint density at radius 2 is 0.900 bits per heavy atom. The molecule has 0 radical (unpaired) electrons. The first-order valence-corrected chi connectivity index (χ1v) is 8.83. The summed E-state index contributed by atoms with van der Waals surface area (Å²) in [5, 5.41) is 40.0. The van der Waals surface area contributed by atoms with Gasteiger partial charge in [0.15, 0.2) is 0 Å². The maximum Gasteiger partial charge on any atom is 0.321 e. The summed E-state index contributed by atoms with van der Waals surface area (Å²) in [6.45, 7) is 1.81. The molecule has 0 aromatic heterocycles. The zero-order valence-electron chi connectivity index (χ0n) is 16.3. The number of carboxylic acid groups (broad SMARTS) is 4. The van der Waals surface area contributed by atoms with Gasteiger partial charge in [-0.05, 0) is 0 Å². The zero-order chi connectivity index (χ0) is 22.1. The molecule has 0 spiro atoms. The number of nitrogens with one attached hydrogen (secondary N) is 2. The molecular formula is C16H29ClN2O11. The molecule has 0 bridgehead atoms. The number of hydrogen-bond donors (Lipinski definition) is 6. The maximum atomic E-state index is 10.8. The summed E-state index contributed by atoms with van der Waals surface area (Å²) in [6.07, 6.45) is -1.05. The van der Waals surface area contributed by atoms with Crippen molar-refractivity contribution < 1.29 is 53.8 Å². The third kappa shape index (κ3) is 18.0. The van der Waals surface area contributed by atoms with E-state index >= 15 is 0 Å². The van der Waals surface area contributed by atoms with Crippen LogP contribution in [0, 0.1) is 0 Å². The SMILES string of the molecule is Cl.O=C(O)CC(NCCOCCOCCOCCNC(CC(=O)O)C(=O)O)C(=O)O. The Bertz CT molecular complexity index is 477. The Labute approximate surface area is 179 Å². The van der Waals surface area contributed by atoms with Gasteiger partial charge < -0.3 is 45.3 Å². The molecule has 30 heavy (non-hydrogen) atoms. The monoisotopic (exact) mass is 460 g/mol. The molecule has 0 fully saturated rings. The van der Waals surface area contributed by atoms with Crippen molar-refractivity contribution >= 4 is 36.3 Å². The molecule has 0 aliphatic carbocycles. The highest BCUT2D eigenvalue weighted by atomic mass is 35.5. The molecule has 176 valence electrons. The standard InChI is InChI=1S/C16H28N2O11.ClH/c19-13(20)9-11(15(23)24)17-1-3-27-5-7-29-8-6-28-4-2-18-12(16(25)26)10-14(21)22;/h11-12,17-18H,1-10H2,(H,19,20)(H,21,22)(H,23,24)(H,25,26);1H. The lowest BCUT2D eigenvalue weighted by Crippen LogP contribution is -2.40. The molecule has 0 aliphatic heterocycles. The van der Waals surface area contributed by atoms with Crippen LogP contribution in [-0.4, -0.2) is 109 Å². The third-order valence-corrected chi connectivity index (χ3v) is 3.37. The smallest absolute Gasteiger partial charge is 0.321 e. The minimum Gasteiger partial charge on any atom is -0.481 e. The van der Waals surface area contributed by atoms with E-state index < -0.39 is 48.8 Å². The molecule has 13 nitrogen and oxygen atoms in total. The van der Waals surface area contributed by atoms with Gasteiger partial charge in [0.2, 0.25) is 0 Å². The van der Waals surface area contributed by atoms with Crippen LogP contribution < -0.4 is 10.6 Å². The van der Waals surface area contributed by atoms with Crippen molar-refractivity contribution in [1.82, 2.24) is 10.6 Å². The van der Waals surface area contributed by atoms with E-state index in [0.29, 0.717) is 0 Å². The molecule has 6 N–H and O–H groups in total. The number of halogens is 1. The molecule has 0 aromatic carbocycles. The van der Waals surface area contributed by atoms with Crippen molar-refractivity contribution in [3.63, 3.8) is 0 Å². The summed E-state index contributed by atoms with van der Waals surface area (Å²) < 4.78 is 15.7. The first kappa shape index (κ1) is 30.2. The number of ether oxygens (including phenoxy) is 3. The topological polar surface area (TPSA) is 201 Å². The fourth-order valence-corrected chi connectivity index (χ4v) is 2.00. The van der Waals surface area contributed by atoms with E-state index in [0.717, 1.165) is 0 Å². The van der Waals surface area contributed by atoms with Crippen LogP contribution in [0.3, 0.4) is 0 Å². The highest BCUT2D eigenvalue weighted by Gasteiger charge is 2.20. The summed E-state index contributed by atoms with van der Waals surface area (Å²) in [6, 6.07) is -2.34. The highest BCUT2D eigenvalue weighted by Crippen LogP contribution is 1.93. The van der Waals surface area contributed by atoms with Crippen molar-refractivity contribution in [2.45, 2.75) is 24.9 Å². The quantitative estimate of drug-likeness (QED) is 0.115. The summed E-state index contributed by atoms with van der Waals surface area (Å²) in [7, 11) is 0. The number of rotatable bonds is 20. The van der Waals surface area contributed by atoms with Crippen LogP contribution in [0.2, 0.25) is 0 Å². The van der Waals surface area contributed by atoms with Crippen molar-refractivity contribution in [3.8, 4) is 0 Å². The average Bonchev–Trinajstić information content (AvgIpc) is 2.62. The number of aliphatic carboxylic acids is 4. The van der Waals surface area contributed by atoms with E-state index in [1.54, 1.807) is 0 Å². The number of carboxylic acids is 4. The molecule has 0 heterocycles. The van der Waals surface area contributed by atoms with Crippen LogP contribution in [0.15, 0.2) is 0 Å². The van der Waals surface area contributed by atoms with E-state index in [1.807, 2.05) is 0 Å². The minimum atomic E-state index is -1.24. The number of carbonyl (C=O) groups is 4. The Balaban J connectivity index is 0. The second-order valence-electron chi connectivity index (χ2n) is 5.72. The molecule has 2 atom stereocenters. The minimum absolute atomic E-state index is 0. The molecule has 0 aliphatic rings. The zero-order valence-corrected chi connectivity index (χ0v) is 17.1. The van der Waals surface area contributed by atoms with Gasteiger partial charge in [-0.25, -0.2) is 0 Å². The van der Waals surface area contributed by atoms with E-state index in [2.05, 4.69) is 10.6 Å². The predicted octanol–water partition coefficient (Wildman–Crippen LogP) is -1.51. The molecule has 14 heteroatoms. The van der Waals surface area contributed by atoms with Gasteiger partial charge in [0.25, 0.3) is 0 Å². The first-order valence-electron chi connectivity index (χ1n) is 8.83. The Morgan fingerprint density at radius 3 is 1.17 bits per heavy atom. The summed E-state index contributed by atoms with van der Waals surface area (Å²) >= 11 is 0. The highest BCUT2D eigenvalue weighted by molar-refractivity contribution is 5.85. The summed E-state index contributed by atoms with van der Waals surface area (Å²) in [4.78, 5) is 42.7.